The number of alkyl halides is 1. The molecular weight excluding hydrogens is 861 g/mol. The SMILES string of the molecule is COc1ccc(C(OCC2OC(n3cnc4c(N(C(=O)c5ccccc5)C(C)C)ncnc43)C(F)C2OP(OCCC#N)N(C(C)C)C(C)C)(c2ccccc2)c2ccc(OC)cc2)cc1. The van der Waals surface area contributed by atoms with Gasteiger partial charge in [0.2, 0.25) is 0 Å². The van der Waals surface area contributed by atoms with Crippen molar-refractivity contribution in [1.29, 1.82) is 5.26 Å². The molecule has 7 rings (SSSR count). The molecule has 0 saturated carbocycles. The van der Waals surface area contributed by atoms with Crippen LogP contribution in [0.1, 0.15) is 81.2 Å². The van der Waals surface area contributed by atoms with E-state index in [4.69, 9.17) is 33.0 Å². The minimum atomic E-state index is -1.94. The minimum Gasteiger partial charge on any atom is -0.497 e. The van der Waals surface area contributed by atoms with Crippen LogP contribution in [-0.2, 0) is 24.1 Å². The van der Waals surface area contributed by atoms with Crippen LogP contribution in [0.4, 0.5) is 10.2 Å². The van der Waals surface area contributed by atoms with E-state index in [-0.39, 0.29) is 55.1 Å². The summed E-state index contributed by atoms with van der Waals surface area (Å²) in [6.45, 7) is 11.8. The third-order valence-electron chi connectivity index (χ3n) is 11.4. The van der Waals surface area contributed by atoms with Crippen LogP contribution in [-0.4, -0.2) is 94.0 Å². The Labute approximate surface area is 387 Å². The number of carbonyl (C=O) groups is 1. The summed E-state index contributed by atoms with van der Waals surface area (Å²) in [5.74, 6) is 1.33. The number of carbonyl (C=O) groups excluding carboxylic acids is 1. The number of amides is 1. The van der Waals surface area contributed by atoms with Gasteiger partial charge in [0.15, 0.2) is 29.4 Å². The molecule has 0 N–H and O–H groups in total. The number of nitrogens with zero attached hydrogens (tertiary/aromatic N) is 7. The summed E-state index contributed by atoms with van der Waals surface area (Å²) in [4.78, 5) is 29.3. The first-order chi connectivity index (χ1) is 31.9. The summed E-state index contributed by atoms with van der Waals surface area (Å²) in [6.07, 6.45) is -2.52. The lowest BCUT2D eigenvalue weighted by Gasteiger charge is -2.39. The van der Waals surface area contributed by atoms with Gasteiger partial charge in [0, 0.05) is 23.7 Å². The highest BCUT2D eigenvalue weighted by atomic mass is 31.2. The summed E-state index contributed by atoms with van der Waals surface area (Å²) in [7, 11) is 1.28. The smallest absolute Gasteiger partial charge is 0.259 e. The molecule has 16 heteroatoms. The van der Waals surface area contributed by atoms with Gasteiger partial charge in [0.25, 0.3) is 14.4 Å². The predicted octanol–water partition coefficient (Wildman–Crippen LogP) is 9.80. The Bertz CT molecular complexity index is 2490. The molecule has 1 aliphatic rings. The maximum absolute atomic E-state index is 17.9. The number of aromatic nitrogens is 4. The molecule has 14 nitrogen and oxygen atoms in total. The lowest BCUT2D eigenvalue weighted by Crippen LogP contribution is -2.41. The molecule has 1 amide bonds. The summed E-state index contributed by atoms with van der Waals surface area (Å²) in [6, 6.07) is 35.7. The van der Waals surface area contributed by atoms with Gasteiger partial charge in [-0.1, -0.05) is 72.8 Å². The van der Waals surface area contributed by atoms with Crippen molar-refractivity contribution >= 4 is 31.4 Å². The molecule has 1 aliphatic heterocycles. The zero-order valence-electron chi connectivity index (χ0n) is 38.5. The normalized spacial score (nSPS) is 18.0. The van der Waals surface area contributed by atoms with E-state index in [2.05, 4.69) is 16.0 Å². The van der Waals surface area contributed by atoms with Crippen molar-refractivity contribution in [3.8, 4) is 17.6 Å². The molecule has 3 heterocycles. The van der Waals surface area contributed by atoms with Crippen LogP contribution in [0.5, 0.6) is 11.5 Å². The lowest BCUT2D eigenvalue weighted by atomic mass is 9.80. The highest BCUT2D eigenvalue weighted by molar-refractivity contribution is 7.44. The van der Waals surface area contributed by atoms with Crippen LogP contribution >= 0.6 is 8.53 Å². The molecule has 0 radical (unpaired) electrons. The number of hydrogen-bond acceptors (Lipinski definition) is 12. The van der Waals surface area contributed by atoms with E-state index in [9.17, 15) is 10.1 Å². The molecule has 0 spiro atoms. The molecule has 4 aromatic carbocycles. The van der Waals surface area contributed by atoms with Gasteiger partial charge in [0.05, 0.1) is 46.3 Å². The van der Waals surface area contributed by atoms with Gasteiger partial charge in [-0.15, -0.1) is 0 Å². The molecule has 1 fully saturated rings. The van der Waals surface area contributed by atoms with Gasteiger partial charge < -0.3 is 28.0 Å². The van der Waals surface area contributed by atoms with Crippen molar-refractivity contribution in [2.45, 2.75) is 96.3 Å². The molecule has 5 unspecified atom stereocenters. The second kappa shape index (κ2) is 21.6. The molecular formula is C50H57FN7O7P. The van der Waals surface area contributed by atoms with E-state index in [0.29, 0.717) is 22.6 Å². The minimum absolute atomic E-state index is 0.0600. The number of halogens is 1. The average Bonchev–Trinajstić information content (AvgIpc) is 3.90. The fourth-order valence-electron chi connectivity index (χ4n) is 8.36. The van der Waals surface area contributed by atoms with Gasteiger partial charge in [-0.05, 0) is 94.6 Å². The number of methoxy groups -OCH3 is 2. The van der Waals surface area contributed by atoms with Crippen LogP contribution in [0.3, 0.4) is 0 Å². The first-order valence-corrected chi connectivity index (χ1v) is 23.2. The van der Waals surface area contributed by atoms with Crippen LogP contribution in [0.25, 0.3) is 11.2 Å². The number of fused-ring (bicyclic) bond motifs is 1. The average molecular weight is 918 g/mol. The van der Waals surface area contributed by atoms with Crippen molar-refractivity contribution < 1.29 is 37.2 Å². The number of ether oxygens (including phenoxy) is 4. The second-order valence-electron chi connectivity index (χ2n) is 16.6. The number of rotatable bonds is 20. The first kappa shape index (κ1) is 48.1. The van der Waals surface area contributed by atoms with E-state index < -0.39 is 38.7 Å². The second-order valence-corrected chi connectivity index (χ2v) is 18.0. The van der Waals surface area contributed by atoms with Crippen LogP contribution < -0.4 is 14.4 Å². The zero-order valence-corrected chi connectivity index (χ0v) is 39.4. The number of nitriles is 1. The first-order valence-electron chi connectivity index (χ1n) is 22.0. The van der Waals surface area contributed by atoms with Gasteiger partial charge in [-0.25, -0.2) is 24.0 Å². The summed E-state index contributed by atoms with van der Waals surface area (Å²) in [5.41, 5.74) is 2.13. The van der Waals surface area contributed by atoms with E-state index in [1.165, 1.54) is 17.2 Å². The van der Waals surface area contributed by atoms with Gasteiger partial charge >= 0.3 is 0 Å². The monoisotopic (exact) mass is 917 g/mol. The molecule has 0 aliphatic carbocycles. The summed E-state index contributed by atoms with van der Waals surface area (Å²) < 4.78 is 59.8. The maximum atomic E-state index is 17.9. The molecule has 1 saturated heterocycles. The predicted molar refractivity (Wildman–Crippen MR) is 251 cm³/mol. The molecule has 346 valence electrons. The quantitative estimate of drug-likeness (QED) is 0.0408. The van der Waals surface area contributed by atoms with Gasteiger partial charge in [-0.3, -0.25) is 14.3 Å². The number of imidazole rings is 1. The van der Waals surface area contributed by atoms with Crippen molar-refractivity contribution in [1.82, 2.24) is 24.2 Å². The van der Waals surface area contributed by atoms with Crippen molar-refractivity contribution in [2.75, 3.05) is 32.3 Å². The Hall–Kier alpha value is -5.85. The maximum Gasteiger partial charge on any atom is 0.259 e. The number of hydrogen-bond donors (Lipinski definition) is 0. The third-order valence-corrected chi connectivity index (χ3v) is 13.5. The Morgan fingerprint density at radius 2 is 1.39 bits per heavy atom. The lowest BCUT2D eigenvalue weighted by molar-refractivity contribution is -0.0919. The Balaban J connectivity index is 1.34. The molecule has 5 atom stereocenters. The van der Waals surface area contributed by atoms with Crippen molar-refractivity contribution in [2.24, 2.45) is 0 Å². The Morgan fingerprint density at radius 1 is 0.818 bits per heavy atom. The fourth-order valence-corrected chi connectivity index (χ4v) is 10.1. The van der Waals surface area contributed by atoms with E-state index in [1.807, 2.05) is 131 Å². The van der Waals surface area contributed by atoms with Crippen LogP contribution in [0.15, 0.2) is 122 Å². The highest BCUT2D eigenvalue weighted by Crippen LogP contribution is 2.51. The summed E-state index contributed by atoms with van der Waals surface area (Å²) >= 11 is 0. The summed E-state index contributed by atoms with van der Waals surface area (Å²) in [5, 5.41) is 9.46. The number of anilines is 1. The fraction of sp³-hybridized carbons (Fsp3) is 0.380. The Kier molecular flexibility index (Phi) is 15.8. The largest absolute Gasteiger partial charge is 0.497 e. The standard InChI is InChI=1S/C50H57FN7O7P/c1-33(2)57(48(59)36-16-11-9-12-17-36)47-44-46(53-31-54-47)56(32-55-44)49-43(51)45(65-66(63-29-15-28-52)58(34(3)4)35(5)6)42(64-49)30-62-50(37-18-13-10-14-19-37,38-20-24-40(60-7)25-21-38)39-22-26-41(61-8)27-23-39/h9-14,16-27,31-35,42-43,45,49H,15,29-30H2,1-8H3. The van der Waals surface area contributed by atoms with Crippen molar-refractivity contribution in [3.63, 3.8) is 0 Å². The van der Waals surface area contributed by atoms with E-state index in [1.54, 1.807) is 43.4 Å². The van der Waals surface area contributed by atoms with E-state index in [0.717, 1.165) is 16.7 Å². The van der Waals surface area contributed by atoms with Crippen LogP contribution in [0, 0.1) is 11.3 Å². The number of benzene rings is 4. The molecule has 66 heavy (non-hydrogen) atoms. The molecule has 6 aromatic rings. The van der Waals surface area contributed by atoms with E-state index >= 15 is 4.39 Å². The van der Waals surface area contributed by atoms with Crippen LogP contribution in [0.2, 0.25) is 0 Å². The van der Waals surface area contributed by atoms with Gasteiger partial charge in [-0.2, -0.15) is 5.26 Å². The topological polar surface area (TPSA) is 146 Å². The molecule has 0 bridgehead atoms. The highest BCUT2D eigenvalue weighted by Gasteiger charge is 2.51. The van der Waals surface area contributed by atoms with Gasteiger partial charge in [0.1, 0.15) is 35.6 Å². The third kappa shape index (κ3) is 9.95. The Morgan fingerprint density at radius 3 is 1.94 bits per heavy atom. The molecule has 2 aromatic heterocycles. The zero-order chi connectivity index (χ0) is 47.0. The van der Waals surface area contributed by atoms with Crippen molar-refractivity contribution in [3.05, 3.63) is 144 Å².